The van der Waals surface area contributed by atoms with E-state index in [0.717, 1.165) is 0 Å². The van der Waals surface area contributed by atoms with Gasteiger partial charge in [0.1, 0.15) is 34.9 Å². The van der Waals surface area contributed by atoms with Crippen molar-refractivity contribution < 1.29 is 16.5 Å². The van der Waals surface area contributed by atoms with E-state index in [1.54, 1.807) is 0 Å². The summed E-state index contributed by atoms with van der Waals surface area (Å²) in [6.45, 7) is 0. The molecule has 0 bridgehead atoms. The van der Waals surface area contributed by atoms with Crippen LogP contribution in [0.25, 0.3) is 0 Å². The Kier molecular flexibility index (Phi) is 25.4. The zero-order valence-corrected chi connectivity index (χ0v) is 12.5. The summed E-state index contributed by atoms with van der Waals surface area (Å²) in [6, 6.07) is 0. The van der Waals surface area contributed by atoms with Crippen molar-refractivity contribution in [1.82, 2.24) is 0 Å². The summed E-state index contributed by atoms with van der Waals surface area (Å²) in [5.74, 6) is -0.111. The molecule has 0 rings (SSSR count). The Bertz CT molecular complexity index is 231. The molecule has 0 aromatic rings. The Balaban J connectivity index is -0.0000000536. The first-order valence-electron chi connectivity index (χ1n) is 4.21. The van der Waals surface area contributed by atoms with Gasteiger partial charge in [0.15, 0.2) is 0 Å². The van der Waals surface area contributed by atoms with Crippen molar-refractivity contribution >= 4 is 12.4 Å². The molecule has 12 nitrogen and oxygen atoms in total. The van der Waals surface area contributed by atoms with Gasteiger partial charge in [-0.15, -0.1) is 12.4 Å². The van der Waals surface area contributed by atoms with Crippen molar-refractivity contribution in [2.24, 2.45) is 68.8 Å². The van der Waals surface area contributed by atoms with Gasteiger partial charge in [-0.25, -0.2) is 0 Å². The van der Waals surface area contributed by atoms with Gasteiger partial charge in [0.05, 0.1) is 0 Å². The molecule has 0 atom stereocenters. The standard InChI is InChI=1S/3C2H8N4.ClH.Ni/c3*3-1(4)2(5)6;;/h3*3-6H2;1H;. The van der Waals surface area contributed by atoms with Crippen LogP contribution in [0.1, 0.15) is 0 Å². The van der Waals surface area contributed by atoms with Crippen molar-refractivity contribution in [2.75, 3.05) is 0 Å². The molecule has 0 unspecified atom stereocenters. The Morgan fingerprint density at radius 3 is 0.350 bits per heavy atom. The second-order valence-corrected chi connectivity index (χ2v) is 2.73. The molecule has 24 N–H and O–H groups in total. The van der Waals surface area contributed by atoms with Crippen molar-refractivity contribution in [3.8, 4) is 0 Å². The fraction of sp³-hybridized carbons (Fsp3) is 0. The van der Waals surface area contributed by atoms with Crippen LogP contribution in [0.5, 0.6) is 0 Å². The van der Waals surface area contributed by atoms with E-state index in [1.807, 2.05) is 0 Å². The SMILES string of the molecule is Cl.NC(N)=C(N)N.NC(N)=C(N)N.NC(N)=C(N)N.[Ni]. The number of hydrogen-bond donors (Lipinski definition) is 12. The average molecular weight is 359 g/mol. The maximum atomic E-state index is 4.84. The molecule has 20 heavy (non-hydrogen) atoms. The van der Waals surface area contributed by atoms with Gasteiger partial charge in [0, 0.05) is 16.5 Å². The number of halogens is 1. The molecule has 0 fully saturated rings. The van der Waals surface area contributed by atoms with Crippen molar-refractivity contribution in [3.05, 3.63) is 34.9 Å². The minimum atomic E-state index is -0.0185. The van der Waals surface area contributed by atoms with Crippen molar-refractivity contribution in [3.63, 3.8) is 0 Å². The van der Waals surface area contributed by atoms with Crippen LogP contribution in [0.15, 0.2) is 34.9 Å². The maximum absolute atomic E-state index is 4.84. The largest absolute Gasteiger partial charge is 0.383 e. The van der Waals surface area contributed by atoms with Gasteiger partial charge >= 0.3 is 0 Å². The van der Waals surface area contributed by atoms with Crippen LogP contribution in [-0.2, 0) is 16.5 Å². The van der Waals surface area contributed by atoms with E-state index in [4.69, 9.17) is 68.8 Å². The molecule has 0 aromatic carbocycles. The normalized spacial score (nSPS) is 6.60. The van der Waals surface area contributed by atoms with Crippen LogP contribution in [0.4, 0.5) is 0 Å². The van der Waals surface area contributed by atoms with Gasteiger partial charge < -0.3 is 68.8 Å². The zero-order chi connectivity index (χ0) is 15.5. The average Bonchev–Trinajstić information content (AvgIpc) is 2.18. The second-order valence-electron chi connectivity index (χ2n) is 2.73. The molecule has 0 radical (unpaired) electrons. The molecular formula is C6H25ClN12Ni. The summed E-state index contributed by atoms with van der Waals surface area (Å²) in [6.07, 6.45) is 0. The van der Waals surface area contributed by atoms with E-state index in [-0.39, 0.29) is 63.8 Å². The van der Waals surface area contributed by atoms with E-state index >= 15 is 0 Å². The fourth-order valence-corrected chi connectivity index (χ4v) is 0. The number of rotatable bonds is 0. The molecule has 0 saturated carbocycles. The summed E-state index contributed by atoms with van der Waals surface area (Å²) in [4.78, 5) is 0. The van der Waals surface area contributed by atoms with Gasteiger partial charge in [0.2, 0.25) is 0 Å². The van der Waals surface area contributed by atoms with E-state index in [9.17, 15) is 0 Å². The summed E-state index contributed by atoms with van der Waals surface area (Å²) >= 11 is 0. The predicted molar refractivity (Wildman–Crippen MR) is 78.6 cm³/mol. The molecule has 0 spiro atoms. The smallest absolute Gasteiger partial charge is 0.134 e. The maximum Gasteiger partial charge on any atom is 0.134 e. The van der Waals surface area contributed by atoms with Gasteiger partial charge in [-0.1, -0.05) is 0 Å². The van der Waals surface area contributed by atoms with E-state index < -0.39 is 0 Å². The summed E-state index contributed by atoms with van der Waals surface area (Å²) in [7, 11) is 0. The number of hydrogen-bond acceptors (Lipinski definition) is 12. The third-order valence-corrected chi connectivity index (χ3v) is 1.00. The Hall–Kier alpha value is -2.40. The summed E-state index contributed by atoms with van der Waals surface area (Å²) < 4.78 is 0. The Morgan fingerprint density at radius 1 is 0.300 bits per heavy atom. The van der Waals surface area contributed by atoms with Gasteiger partial charge in [-0.3, -0.25) is 0 Å². The van der Waals surface area contributed by atoms with Crippen LogP contribution >= 0.6 is 12.4 Å². The van der Waals surface area contributed by atoms with Gasteiger partial charge in [-0.2, -0.15) is 0 Å². The first-order chi connectivity index (χ1) is 7.93. The molecule has 126 valence electrons. The first-order valence-corrected chi connectivity index (χ1v) is 4.21. The third kappa shape index (κ3) is 36.1. The molecule has 0 aliphatic carbocycles. The minimum absolute atomic E-state index is 0. The van der Waals surface area contributed by atoms with Crippen LogP contribution < -0.4 is 68.8 Å². The molecule has 0 aliphatic rings. The minimum Gasteiger partial charge on any atom is -0.383 e. The second kappa shape index (κ2) is 16.6. The van der Waals surface area contributed by atoms with Crippen LogP contribution in [-0.4, -0.2) is 0 Å². The van der Waals surface area contributed by atoms with Crippen LogP contribution in [0, 0.1) is 0 Å². The predicted octanol–water partition coefficient (Wildman–Crippen LogP) is -5.74. The molecule has 0 amide bonds. The number of nitrogens with two attached hydrogens (primary N) is 12. The fourth-order valence-electron chi connectivity index (χ4n) is 0. The van der Waals surface area contributed by atoms with E-state index in [2.05, 4.69) is 0 Å². The monoisotopic (exact) mass is 358 g/mol. The molecule has 14 heteroatoms. The van der Waals surface area contributed by atoms with Gasteiger partial charge in [0.25, 0.3) is 0 Å². The van der Waals surface area contributed by atoms with Crippen LogP contribution in [0.2, 0.25) is 0 Å². The van der Waals surface area contributed by atoms with Crippen LogP contribution in [0.3, 0.4) is 0 Å². The molecule has 0 heterocycles. The molecular weight excluding hydrogens is 334 g/mol. The zero-order valence-electron chi connectivity index (χ0n) is 10.7. The van der Waals surface area contributed by atoms with E-state index in [1.165, 1.54) is 0 Å². The molecule has 0 aromatic heterocycles. The quantitative estimate of drug-likeness (QED) is 0.180. The van der Waals surface area contributed by atoms with Crippen molar-refractivity contribution in [2.45, 2.75) is 0 Å². The third-order valence-electron chi connectivity index (χ3n) is 1.00. The first kappa shape index (κ1) is 30.6. The molecule has 0 aliphatic heterocycles. The van der Waals surface area contributed by atoms with Crippen molar-refractivity contribution in [1.29, 1.82) is 0 Å². The Labute approximate surface area is 133 Å². The Morgan fingerprint density at radius 2 is 0.350 bits per heavy atom. The molecule has 0 saturated heterocycles. The van der Waals surface area contributed by atoms with E-state index in [0.29, 0.717) is 0 Å². The van der Waals surface area contributed by atoms with Gasteiger partial charge in [-0.05, 0) is 0 Å². The topological polar surface area (TPSA) is 312 Å². The summed E-state index contributed by atoms with van der Waals surface area (Å²) in [5, 5.41) is 0. The summed E-state index contributed by atoms with van der Waals surface area (Å²) in [5.41, 5.74) is 58.1.